The smallest absolute Gasteiger partial charge is 0.253 e. The predicted octanol–water partition coefficient (Wildman–Crippen LogP) is 3.20. The van der Waals surface area contributed by atoms with E-state index in [9.17, 15) is 4.79 Å². The van der Waals surface area contributed by atoms with E-state index < -0.39 is 0 Å². The normalized spacial score (nSPS) is 10.7. The van der Waals surface area contributed by atoms with Gasteiger partial charge in [0.25, 0.3) is 5.91 Å². The van der Waals surface area contributed by atoms with Crippen LogP contribution >= 0.6 is 0 Å². The van der Waals surface area contributed by atoms with Gasteiger partial charge in [0.05, 0.1) is 11.4 Å². The second kappa shape index (κ2) is 7.30. The molecule has 0 unspecified atom stereocenters. The van der Waals surface area contributed by atoms with Crippen LogP contribution in [0.2, 0.25) is 0 Å². The first-order valence-electron chi connectivity index (χ1n) is 8.33. The van der Waals surface area contributed by atoms with Gasteiger partial charge >= 0.3 is 0 Å². The van der Waals surface area contributed by atoms with Gasteiger partial charge in [-0.25, -0.2) is 4.68 Å². The van der Waals surface area contributed by atoms with Crippen molar-refractivity contribution < 1.29 is 4.79 Å². The van der Waals surface area contributed by atoms with E-state index in [1.807, 2.05) is 74.1 Å². The zero-order valence-corrected chi connectivity index (χ0v) is 14.8. The number of likely N-dealkylation sites (N-methyl/N-ethyl adjacent to an activating group) is 1. The first-order chi connectivity index (χ1) is 12.0. The third-order valence-corrected chi connectivity index (χ3v) is 4.14. The van der Waals surface area contributed by atoms with Gasteiger partial charge in [0.1, 0.15) is 0 Å². The van der Waals surface area contributed by atoms with E-state index in [0.717, 1.165) is 29.2 Å². The second-order valence-electron chi connectivity index (χ2n) is 6.18. The van der Waals surface area contributed by atoms with E-state index >= 15 is 0 Å². The van der Waals surface area contributed by atoms with Gasteiger partial charge in [0, 0.05) is 43.2 Å². The van der Waals surface area contributed by atoms with Crippen LogP contribution in [-0.2, 0) is 6.42 Å². The van der Waals surface area contributed by atoms with Gasteiger partial charge in [-0.1, -0.05) is 6.07 Å². The predicted molar refractivity (Wildman–Crippen MR) is 97.9 cm³/mol. The van der Waals surface area contributed by atoms with Crippen LogP contribution in [-0.4, -0.2) is 39.2 Å². The van der Waals surface area contributed by atoms with Gasteiger partial charge in [-0.2, -0.15) is 5.10 Å². The largest absolute Gasteiger partial charge is 0.341 e. The number of amides is 1. The van der Waals surface area contributed by atoms with E-state index in [1.165, 1.54) is 0 Å². The van der Waals surface area contributed by atoms with Crippen LogP contribution in [0.25, 0.3) is 5.69 Å². The molecule has 0 fully saturated rings. The zero-order valence-electron chi connectivity index (χ0n) is 14.8. The average molecular weight is 334 g/mol. The summed E-state index contributed by atoms with van der Waals surface area (Å²) in [4.78, 5) is 18.6. The number of carbonyl (C=O) groups excluding carboxylic acids is 1. The Labute approximate surface area is 147 Å². The molecule has 2 aromatic heterocycles. The fraction of sp³-hybridized carbons (Fsp3) is 0.250. The molecule has 128 valence electrons. The van der Waals surface area contributed by atoms with E-state index in [-0.39, 0.29) is 5.91 Å². The molecule has 0 saturated carbocycles. The van der Waals surface area contributed by atoms with Crippen molar-refractivity contribution >= 4 is 5.91 Å². The zero-order chi connectivity index (χ0) is 17.8. The first kappa shape index (κ1) is 16.9. The molecule has 3 aromatic rings. The summed E-state index contributed by atoms with van der Waals surface area (Å²) >= 11 is 0. The number of pyridine rings is 1. The van der Waals surface area contributed by atoms with Gasteiger partial charge in [0.15, 0.2) is 0 Å². The summed E-state index contributed by atoms with van der Waals surface area (Å²) in [6.45, 7) is 4.62. The number of aryl methyl sites for hydroxylation is 2. The molecule has 0 aliphatic heterocycles. The van der Waals surface area contributed by atoms with Crippen molar-refractivity contribution in [2.45, 2.75) is 20.3 Å². The van der Waals surface area contributed by atoms with Gasteiger partial charge < -0.3 is 4.90 Å². The van der Waals surface area contributed by atoms with Crippen LogP contribution < -0.4 is 0 Å². The summed E-state index contributed by atoms with van der Waals surface area (Å²) in [5, 5.41) is 4.47. The molecule has 0 bridgehead atoms. The molecule has 0 aliphatic carbocycles. The molecule has 3 rings (SSSR count). The fourth-order valence-corrected chi connectivity index (χ4v) is 2.79. The Hall–Kier alpha value is -2.95. The number of hydrogen-bond acceptors (Lipinski definition) is 3. The topological polar surface area (TPSA) is 51.0 Å². The highest BCUT2D eigenvalue weighted by Gasteiger charge is 2.12. The highest BCUT2D eigenvalue weighted by Crippen LogP contribution is 2.14. The molecule has 1 amide bonds. The van der Waals surface area contributed by atoms with Crippen molar-refractivity contribution in [2.75, 3.05) is 13.6 Å². The summed E-state index contributed by atoms with van der Waals surface area (Å²) in [5.74, 6) is 0.0100. The Morgan fingerprint density at radius 3 is 2.48 bits per heavy atom. The van der Waals surface area contributed by atoms with Crippen molar-refractivity contribution in [3.63, 3.8) is 0 Å². The molecule has 5 heteroatoms. The lowest BCUT2D eigenvalue weighted by atomic mass is 10.1. The summed E-state index contributed by atoms with van der Waals surface area (Å²) in [7, 11) is 1.82. The molecule has 0 atom stereocenters. The minimum Gasteiger partial charge on any atom is -0.341 e. The van der Waals surface area contributed by atoms with Crippen LogP contribution in [0.3, 0.4) is 0 Å². The second-order valence-corrected chi connectivity index (χ2v) is 6.18. The minimum atomic E-state index is 0.0100. The highest BCUT2D eigenvalue weighted by molar-refractivity contribution is 5.94. The standard InChI is InChI=1S/C20H22N4O/c1-15-14-16(2)24(22-15)19-9-7-17(8-10-19)20(25)23(3)13-11-18-6-4-5-12-21-18/h4-10,12,14H,11,13H2,1-3H3. The Morgan fingerprint density at radius 2 is 1.88 bits per heavy atom. The molecular weight excluding hydrogens is 312 g/mol. The molecule has 0 saturated heterocycles. The lowest BCUT2D eigenvalue weighted by Gasteiger charge is -2.17. The van der Waals surface area contributed by atoms with Crippen LogP contribution in [0.5, 0.6) is 0 Å². The van der Waals surface area contributed by atoms with Crippen molar-refractivity contribution in [3.8, 4) is 5.69 Å². The Balaban J connectivity index is 1.67. The van der Waals surface area contributed by atoms with Crippen LogP contribution in [0.15, 0.2) is 54.7 Å². The van der Waals surface area contributed by atoms with Crippen molar-refractivity contribution in [3.05, 3.63) is 77.4 Å². The molecular formula is C20H22N4O. The third kappa shape index (κ3) is 3.94. The first-order valence-corrected chi connectivity index (χ1v) is 8.33. The van der Waals surface area contributed by atoms with Gasteiger partial charge in [0.2, 0.25) is 0 Å². The maximum atomic E-state index is 12.6. The lowest BCUT2D eigenvalue weighted by Crippen LogP contribution is -2.29. The number of nitrogens with zero attached hydrogens (tertiary/aromatic N) is 4. The van der Waals surface area contributed by atoms with E-state index in [4.69, 9.17) is 0 Å². The van der Waals surface area contributed by atoms with E-state index in [2.05, 4.69) is 10.1 Å². The summed E-state index contributed by atoms with van der Waals surface area (Å²) in [6.07, 6.45) is 2.52. The van der Waals surface area contributed by atoms with Gasteiger partial charge in [-0.3, -0.25) is 9.78 Å². The Bertz CT molecular complexity index is 853. The molecule has 5 nitrogen and oxygen atoms in total. The number of rotatable bonds is 5. The summed E-state index contributed by atoms with van der Waals surface area (Å²) in [6, 6.07) is 15.4. The molecule has 0 aliphatic rings. The Morgan fingerprint density at radius 1 is 1.12 bits per heavy atom. The maximum absolute atomic E-state index is 12.6. The molecule has 1 aromatic carbocycles. The number of hydrogen-bond donors (Lipinski definition) is 0. The van der Waals surface area contributed by atoms with E-state index in [0.29, 0.717) is 12.1 Å². The summed E-state index contributed by atoms with van der Waals surface area (Å²) < 4.78 is 1.88. The average Bonchev–Trinajstić information content (AvgIpc) is 2.98. The minimum absolute atomic E-state index is 0.0100. The van der Waals surface area contributed by atoms with E-state index in [1.54, 1.807) is 11.1 Å². The number of aromatic nitrogens is 3. The van der Waals surface area contributed by atoms with Gasteiger partial charge in [-0.05, 0) is 56.3 Å². The lowest BCUT2D eigenvalue weighted by molar-refractivity contribution is 0.0796. The third-order valence-electron chi connectivity index (χ3n) is 4.14. The van der Waals surface area contributed by atoms with Crippen LogP contribution in [0.4, 0.5) is 0 Å². The molecule has 2 heterocycles. The van der Waals surface area contributed by atoms with Crippen molar-refractivity contribution in [1.82, 2.24) is 19.7 Å². The Kier molecular flexibility index (Phi) is 4.93. The molecule has 25 heavy (non-hydrogen) atoms. The quantitative estimate of drug-likeness (QED) is 0.720. The fourth-order valence-electron chi connectivity index (χ4n) is 2.79. The monoisotopic (exact) mass is 334 g/mol. The van der Waals surface area contributed by atoms with Crippen molar-refractivity contribution in [1.29, 1.82) is 0 Å². The van der Waals surface area contributed by atoms with Crippen LogP contribution in [0, 0.1) is 13.8 Å². The number of carbonyl (C=O) groups is 1. The molecule has 0 N–H and O–H groups in total. The maximum Gasteiger partial charge on any atom is 0.253 e. The molecule has 0 spiro atoms. The number of benzene rings is 1. The summed E-state index contributed by atoms with van der Waals surface area (Å²) in [5.41, 5.74) is 4.67. The highest BCUT2D eigenvalue weighted by atomic mass is 16.2. The SMILES string of the molecule is Cc1cc(C)n(-c2ccc(C(=O)N(C)CCc3ccccn3)cc2)n1. The van der Waals surface area contributed by atoms with Gasteiger partial charge in [-0.15, -0.1) is 0 Å². The van der Waals surface area contributed by atoms with Crippen molar-refractivity contribution in [2.24, 2.45) is 0 Å². The van der Waals surface area contributed by atoms with Crippen LogP contribution in [0.1, 0.15) is 27.4 Å². The molecule has 0 radical (unpaired) electrons.